The van der Waals surface area contributed by atoms with Crippen molar-refractivity contribution in [1.29, 1.82) is 0 Å². The van der Waals surface area contributed by atoms with Crippen LogP contribution >= 0.6 is 0 Å². The minimum Gasteiger partial charge on any atom is -0.495 e. The van der Waals surface area contributed by atoms with Gasteiger partial charge in [0.2, 0.25) is 0 Å². The van der Waals surface area contributed by atoms with Gasteiger partial charge in [-0.25, -0.2) is 4.79 Å². The fraction of sp³-hybridized carbons (Fsp3) is 0.0833. The van der Waals surface area contributed by atoms with Gasteiger partial charge in [0.05, 0.1) is 12.8 Å². The second-order valence-electron chi connectivity index (χ2n) is 3.91. The quantitative estimate of drug-likeness (QED) is 0.582. The lowest BCUT2D eigenvalue weighted by molar-refractivity contribution is 0.102. The fourth-order valence-electron chi connectivity index (χ4n) is 1.58. The number of nitrogens with two attached hydrogens (primary N) is 1. The molecular weight excluding hydrogens is 264 g/mol. The molecule has 0 atom stereocenters. The zero-order valence-corrected chi connectivity index (χ0v) is 10.5. The molecule has 8 heteroatoms. The minimum atomic E-state index is -0.752. The van der Waals surface area contributed by atoms with Gasteiger partial charge in [0.15, 0.2) is 0 Å². The van der Waals surface area contributed by atoms with Crippen LogP contribution in [0.1, 0.15) is 10.5 Å². The Labute approximate surface area is 112 Å². The molecule has 0 saturated carbocycles. The van der Waals surface area contributed by atoms with E-state index < -0.39 is 17.2 Å². The third-order valence-electron chi connectivity index (χ3n) is 2.50. The highest BCUT2D eigenvalue weighted by Gasteiger charge is 2.09. The summed E-state index contributed by atoms with van der Waals surface area (Å²) in [4.78, 5) is 38.3. The van der Waals surface area contributed by atoms with Gasteiger partial charge in [-0.2, -0.15) is 0 Å². The number of rotatable bonds is 3. The Morgan fingerprint density at radius 2 is 2.00 bits per heavy atom. The number of hydrogen-bond donors (Lipinski definition) is 4. The van der Waals surface area contributed by atoms with Crippen molar-refractivity contribution >= 4 is 17.3 Å². The molecule has 0 radical (unpaired) electrons. The Morgan fingerprint density at radius 3 is 2.65 bits per heavy atom. The summed E-state index contributed by atoms with van der Waals surface area (Å²) >= 11 is 0. The van der Waals surface area contributed by atoms with Crippen molar-refractivity contribution < 1.29 is 9.53 Å². The fourth-order valence-corrected chi connectivity index (χ4v) is 1.58. The third kappa shape index (κ3) is 2.86. The first-order valence-electron chi connectivity index (χ1n) is 5.58. The molecule has 1 heterocycles. The molecule has 8 nitrogen and oxygen atoms in total. The summed E-state index contributed by atoms with van der Waals surface area (Å²) in [5, 5.41) is 2.52. The lowest BCUT2D eigenvalue weighted by Gasteiger charge is -2.08. The Bertz CT molecular complexity index is 734. The number of amides is 1. The molecule has 2 rings (SSSR count). The molecule has 20 heavy (non-hydrogen) atoms. The Balaban J connectivity index is 2.27. The maximum atomic E-state index is 11.9. The van der Waals surface area contributed by atoms with Crippen LogP contribution in [0.5, 0.6) is 5.75 Å². The van der Waals surface area contributed by atoms with Gasteiger partial charge >= 0.3 is 5.69 Å². The predicted molar refractivity (Wildman–Crippen MR) is 73.0 cm³/mol. The number of hydrogen-bond acceptors (Lipinski definition) is 5. The van der Waals surface area contributed by atoms with Gasteiger partial charge in [-0.1, -0.05) is 0 Å². The number of methoxy groups -OCH3 is 1. The van der Waals surface area contributed by atoms with Crippen LogP contribution in [0.4, 0.5) is 11.4 Å². The Hall–Kier alpha value is -3.03. The van der Waals surface area contributed by atoms with Crippen LogP contribution in [0.3, 0.4) is 0 Å². The maximum Gasteiger partial charge on any atom is 0.326 e. The largest absolute Gasteiger partial charge is 0.495 e. The molecule has 0 aliphatic heterocycles. The smallest absolute Gasteiger partial charge is 0.326 e. The molecule has 5 N–H and O–H groups in total. The van der Waals surface area contributed by atoms with E-state index in [0.717, 1.165) is 6.07 Å². The zero-order chi connectivity index (χ0) is 14.7. The Morgan fingerprint density at radius 1 is 1.25 bits per heavy atom. The average Bonchev–Trinajstić information content (AvgIpc) is 2.39. The number of H-pyrrole nitrogens is 2. The number of nitrogens with one attached hydrogen (secondary N) is 3. The van der Waals surface area contributed by atoms with Gasteiger partial charge in [-0.05, 0) is 12.1 Å². The SMILES string of the molecule is COc1cc(NC(=O)c2cc(=O)[nH]c(=O)[nH]2)ccc1N. The van der Waals surface area contributed by atoms with Crippen molar-refractivity contribution in [2.45, 2.75) is 0 Å². The van der Waals surface area contributed by atoms with Crippen LogP contribution in [0.2, 0.25) is 0 Å². The molecule has 0 spiro atoms. The van der Waals surface area contributed by atoms with E-state index in [-0.39, 0.29) is 5.69 Å². The maximum absolute atomic E-state index is 11.9. The normalized spacial score (nSPS) is 10.1. The summed E-state index contributed by atoms with van der Waals surface area (Å²) in [6.07, 6.45) is 0. The third-order valence-corrected chi connectivity index (χ3v) is 2.50. The van der Waals surface area contributed by atoms with E-state index in [1.807, 2.05) is 4.98 Å². The van der Waals surface area contributed by atoms with Crippen molar-refractivity contribution in [2.75, 3.05) is 18.2 Å². The van der Waals surface area contributed by atoms with Gasteiger partial charge in [-0.15, -0.1) is 0 Å². The van der Waals surface area contributed by atoms with E-state index in [2.05, 4.69) is 10.3 Å². The highest BCUT2D eigenvalue weighted by molar-refractivity contribution is 6.02. The van der Waals surface area contributed by atoms with Crippen molar-refractivity contribution in [3.05, 3.63) is 50.8 Å². The van der Waals surface area contributed by atoms with Crippen LogP contribution in [-0.4, -0.2) is 23.0 Å². The van der Waals surface area contributed by atoms with Crippen molar-refractivity contribution in [3.63, 3.8) is 0 Å². The van der Waals surface area contributed by atoms with Crippen LogP contribution in [0, 0.1) is 0 Å². The van der Waals surface area contributed by atoms with Crippen LogP contribution in [0.25, 0.3) is 0 Å². The Kier molecular flexibility index (Phi) is 3.56. The van der Waals surface area contributed by atoms with Crippen LogP contribution < -0.4 is 27.0 Å². The number of nitrogen functional groups attached to an aromatic ring is 1. The summed E-state index contributed by atoms with van der Waals surface area (Å²) in [7, 11) is 1.45. The lowest BCUT2D eigenvalue weighted by Crippen LogP contribution is -2.27. The van der Waals surface area contributed by atoms with E-state index in [9.17, 15) is 14.4 Å². The first-order chi connectivity index (χ1) is 9.49. The number of anilines is 2. The second kappa shape index (κ2) is 5.31. The number of carbonyl (C=O) groups is 1. The van der Waals surface area contributed by atoms with Crippen LogP contribution in [0.15, 0.2) is 33.9 Å². The summed E-state index contributed by atoms with van der Waals surface area (Å²) < 4.78 is 5.02. The molecule has 104 valence electrons. The van der Waals surface area contributed by atoms with E-state index in [0.29, 0.717) is 17.1 Å². The molecule has 1 aromatic carbocycles. The van der Waals surface area contributed by atoms with Crippen molar-refractivity contribution in [1.82, 2.24) is 9.97 Å². The van der Waals surface area contributed by atoms with Crippen LogP contribution in [-0.2, 0) is 0 Å². The first-order valence-corrected chi connectivity index (χ1v) is 5.58. The van der Waals surface area contributed by atoms with Crippen molar-refractivity contribution in [3.8, 4) is 5.75 Å². The molecule has 2 aromatic rings. The predicted octanol–water partition coefficient (Wildman–Crippen LogP) is -0.0937. The molecule has 0 fully saturated rings. The lowest BCUT2D eigenvalue weighted by atomic mass is 10.2. The zero-order valence-electron chi connectivity index (χ0n) is 10.5. The average molecular weight is 276 g/mol. The molecule has 0 aliphatic carbocycles. The number of benzene rings is 1. The molecule has 0 aliphatic rings. The van der Waals surface area contributed by atoms with E-state index in [4.69, 9.17) is 10.5 Å². The van der Waals surface area contributed by atoms with Gasteiger partial charge in [-0.3, -0.25) is 14.6 Å². The summed E-state index contributed by atoms with van der Waals surface area (Å²) in [5.74, 6) is -0.220. The number of carbonyl (C=O) groups excluding carboxylic acids is 1. The topological polar surface area (TPSA) is 130 Å². The summed E-state index contributed by atoms with van der Waals surface area (Å²) in [6, 6.07) is 5.65. The van der Waals surface area contributed by atoms with Gasteiger partial charge < -0.3 is 20.8 Å². The van der Waals surface area contributed by atoms with E-state index >= 15 is 0 Å². The second-order valence-corrected chi connectivity index (χ2v) is 3.91. The molecule has 1 amide bonds. The molecule has 1 aromatic heterocycles. The molecule has 0 bridgehead atoms. The molecular formula is C12H12N4O4. The summed E-state index contributed by atoms with van der Waals surface area (Å²) in [5.41, 5.74) is 4.94. The van der Waals surface area contributed by atoms with Gasteiger partial charge in [0.25, 0.3) is 11.5 Å². The molecule has 0 unspecified atom stereocenters. The highest BCUT2D eigenvalue weighted by atomic mass is 16.5. The summed E-state index contributed by atoms with van der Waals surface area (Å²) in [6.45, 7) is 0. The number of aromatic amines is 2. The number of aromatic nitrogens is 2. The van der Waals surface area contributed by atoms with E-state index in [1.54, 1.807) is 12.1 Å². The minimum absolute atomic E-state index is 0.144. The first kappa shape index (κ1) is 13.4. The standard InChI is InChI=1S/C12H12N4O4/c1-20-9-4-6(2-3-7(9)13)14-11(18)8-5-10(17)16-12(19)15-8/h2-5H,13H2,1H3,(H,14,18)(H2,15,16,17,19). The van der Waals surface area contributed by atoms with E-state index in [1.165, 1.54) is 13.2 Å². The monoisotopic (exact) mass is 276 g/mol. The molecule has 0 saturated heterocycles. The van der Waals surface area contributed by atoms with Crippen molar-refractivity contribution in [2.24, 2.45) is 0 Å². The number of ether oxygens (including phenoxy) is 1. The highest BCUT2D eigenvalue weighted by Crippen LogP contribution is 2.25. The van der Waals surface area contributed by atoms with Gasteiger partial charge in [0.1, 0.15) is 11.4 Å². The van der Waals surface area contributed by atoms with Gasteiger partial charge in [0, 0.05) is 17.8 Å².